The van der Waals surface area contributed by atoms with E-state index in [0.29, 0.717) is 68.2 Å². The third-order valence-corrected chi connectivity index (χ3v) is 39.9. The van der Waals surface area contributed by atoms with Crippen LogP contribution in [0.1, 0.15) is 52.2 Å². The second kappa shape index (κ2) is 38.9. The van der Waals surface area contributed by atoms with Crippen molar-refractivity contribution in [1.29, 1.82) is 0 Å². The Balaban J connectivity index is 0.000000215. The Kier molecular flexibility index (Phi) is 32.7. The number of pyridine rings is 2. The highest BCUT2D eigenvalue weighted by molar-refractivity contribution is 9.10. The number of nitrogens with one attached hydrogen (secondary N) is 2. The summed E-state index contributed by atoms with van der Waals surface area (Å²) < 4.78 is 4.28. The summed E-state index contributed by atoms with van der Waals surface area (Å²) in [5.41, 5.74) is 6.00. The number of amides is 2. The minimum atomic E-state index is -1.83. The first kappa shape index (κ1) is 78.9. The number of carbonyl (C=O) groups is 6. The number of aryl methyl sites for hydroxylation is 2. The minimum absolute atomic E-state index is 0.0532. The average molecular weight is 1710 g/mol. The number of nitrogens with zero attached hydrogens (tertiary/aromatic N) is 11. The van der Waals surface area contributed by atoms with Gasteiger partial charge in [0.25, 0.3) is 0 Å². The molecule has 6 aromatic heterocycles. The molecule has 2 amide bonds. The number of hydrogen-bond acceptors (Lipinski definition) is 19. The normalized spacial score (nSPS) is 14.6. The van der Waals surface area contributed by atoms with Crippen molar-refractivity contribution < 1.29 is 33.9 Å². The number of carboxylic acid groups (broad SMARTS) is 1. The molecule has 0 aliphatic carbocycles. The number of aliphatic carboxylic acids is 1. The van der Waals surface area contributed by atoms with E-state index in [1.54, 1.807) is 128 Å². The highest BCUT2D eigenvalue weighted by Crippen LogP contribution is 2.31. The van der Waals surface area contributed by atoms with Crippen LogP contribution in [0.3, 0.4) is 0 Å². The van der Waals surface area contributed by atoms with Gasteiger partial charge >= 0.3 is 5.97 Å². The number of carbonyl (C=O) groups excluding carboxylic acids is 5. The summed E-state index contributed by atoms with van der Waals surface area (Å²) >= 11 is 25.0. The second-order valence-electron chi connectivity index (χ2n) is 21.9. The number of benzene rings is 2. The lowest BCUT2D eigenvalue weighted by molar-refractivity contribution is -0.138. The zero-order valence-corrected chi connectivity index (χ0v) is 68.5. The second-order valence-corrected chi connectivity index (χ2v) is 53.1. The first-order valence-corrected chi connectivity index (χ1v) is 53.3. The van der Waals surface area contributed by atoms with Gasteiger partial charge in [-0.2, -0.15) is 10.2 Å². The highest BCUT2D eigenvalue weighted by Gasteiger charge is 2.45. The maximum absolute atomic E-state index is 13.6. The molecule has 0 bridgehead atoms. The van der Waals surface area contributed by atoms with Gasteiger partial charge in [0.05, 0.1) is 39.6 Å². The van der Waals surface area contributed by atoms with E-state index in [2.05, 4.69) is 154 Å². The fraction of sp³-hybridized carbons (Fsp3) is 0.309. The van der Waals surface area contributed by atoms with E-state index in [4.69, 9.17) is 5.11 Å². The zero-order chi connectivity index (χ0) is 68.7. The molecule has 2 aliphatic heterocycles. The van der Waals surface area contributed by atoms with Crippen LogP contribution >= 0.6 is 31.9 Å². The van der Waals surface area contributed by atoms with Crippen LogP contribution in [-0.2, 0) is 181 Å². The van der Waals surface area contributed by atoms with Crippen LogP contribution in [0.15, 0.2) is 107 Å². The van der Waals surface area contributed by atoms with Crippen LogP contribution in [0.25, 0.3) is 44.1 Å². The van der Waals surface area contributed by atoms with Gasteiger partial charge in [-0.05, 0) is 124 Å². The molecule has 0 saturated carbocycles. The van der Waals surface area contributed by atoms with Crippen molar-refractivity contribution in [3.8, 4) is 22.3 Å². The highest BCUT2D eigenvalue weighted by atomic mass is 79.9. The van der Waals surface area contributed by atoms with Crippen LogP contribution in [0.2, 0.25) is 38.3 Å². The molecule has 0 spiro atoms. The summed E-state index contributed by atoms with van der Waals surface area (Å²) in [5.74, 6) is 0.143. The molecular formula is C55H59Br2N13O7S15Si2. The Morgan fingerprint density at radius 3 is 1.52 bits per heavy atom. The minimum Gasteiger partial charge on any atom is -0.480 e. The molecule has 8 heterocycles. The molecule has 8 aromatic rings. The molecule has 39 heteroatoms. The van der Waals surface area contributed by atoms with E-state index < -0.39 is 28.2 Å². The fourth-order valence-electron chi connectivity index (χ4n) is 9.62. The monoisotopic (exact) mass is 1710 g/mol. The number of carboxylic acids is 1. The zero-order valence-electron chi connectivity index (χ0n) is 51.0. The van der Waals surface area contributed by atoms with E-state index in [-0.39, 0.29) is 54.0 Å². The van der Waals surface area contributed by atoms with Gasteiger partial charge in [-0.1, -0.05) is 50.5 Å². The van der Waals surface area contributed by atoms with Crippen LogP contribution in [0.4, 0.5) is 5.82 Å². The van der Waals surface area contributed by atoms with Gasteiger partial charge in [0.2, 0.25) is 11.8 Å². The molecule has 94 heavy (non-hydrogen) atoms. The first-order valence-electron chi connectivity index (χ1n) is 27.5. The van der Waals surface area contributed by atoms with Crippen LogP contribution in [-0.4, -0.2) is 135 Å². The Bertz CT molecular complexity index is 4650. The molecule has 2 fully saturated rings. The van der Waals surface area contributed by atoms with Crippen LogP contribution < -0.4 is 10.6 Å². The van der Waals surface area contributed by atoms with Gasteiger partial charge in [0.1, 0.15) is 57.2 Å². The number of aromatic nitrogens is 10. The van der Waals surface area contributed by atoms with E-state index in [1.807, 2.05) is 55.5 Å². The Labute approximate surface area is 612 Å². The summed E-state index contributed by atoms with van der Waals surface area (Å²) in [6.45, 7) is 15.1. The number of fused-ring (bicyclic) bond motifs is 2. The van der Waals surface area contributed by atoms with Crippen molar-refractivity contribution in [2.24, 2.45) is 0 Å². The summed E-state index contributed by atoms with van der Waals surface area (Å²) in [4.78, 5) is 101. The van der Waals surface area contributed by atoms with Crippen molar-refractivity contribution in [2.75, 3.05) is 17.7 Å². The average Bonchev–Trinajstić information content (AvgIpc) is 1.63. The van der Waals surface area contributed by atoms with E-state index in [1.165, 1.54) is 54.1 Å². The van der Waals surface area contributed by atoms with Gasteiger partial charge in [-0.15, -0.1) is 0 Å². The van der Waals surface area contributed by atoms with Gasteiger partial charge in [-0.25, -0.2) is 29.9 Å². The van der Waals surface area contributed by atoms with Crippen molar-refractivity contribution in [3.05, 3.63) is 136 Å². The van der Waals surface area contributed by atoms with E-state index >= 15 is 0 Å². The summed E-state index contributed by atoms with van der Waals surface area (Å²) in [6, 6.07) is 23.2. The third kappa shape index (κ3) is 24.7. The van der Waals surface area contributed by atoms with Crippen molar-refractivity contribution in [2.45, 2.75) is 97.6 Å². The van der Waals surface area contributed by atoms with Gasteiger partial charge in [0, 0.05) is 215 Å². The Morgan fingerprint density at radius 1 is 0.617 bits per heavy atom. The SMILES string of the molecule is CC(=O)c1nn(CC(=O)N2C[Si](C)(C)C[C@H]2C(=O)Nc2cccc(Br)n2)c2ccc(-c3cnc(C)nc3)cc12.CC(=O)c1nn(CC(=O)O)c2ccc(-c3cnc(C)nc3)cc12.C[Si]1(C)CN[C@H](C(=O)Cc2cccc(Br)n2)C1.S=S=S=S=S=S=S.S=S=S=S=S=S=S=S. The topological polar surface area (TPSA) is 263 Å². The fourth-order valence-corrected chi connectivity index (χ4v) is 34.9. The third-order valence-electron chi connectivity index (χ3n) is 13.6. The quantitative estimate of drug-likeness (QED) is 0.0555. The molecular weight excluding hydrogens is 1650 g/mol. The van der Waals surface area contributed by atoms with Gasteiger partial charge < -0.3 is 20.6 Å². The van der Waals surface area contributed by atoms with Crippen LogP contribution in [0, 0.1) is 13.8 Å². The molecule has 498 valence electrons. The predicted molar refractivity (Wildman–Crippen MR) is 422 cm³/mol. The maximum Gasteiger partial charge on any atom is 0.325 e. The number of ketones is 3. The largest absolute Gasteiger partial charge is 0.480 e. The number of Topliss-reactive ketones (excluding diaryl/α,β-unsaturated/α-hetero) is 3. The summed E-state index contributed by atoms with van der Waals surface area (Å²) in [5, 5.41) is 25.1. The van der Waals surface area contributed by atoms with Crippen molar-refractivity contribution >= 4 is 253 Å². The van der Waals surface area contributed by atoms with Gasteiger partial charge in [-0.3, -0.25) is 38.1 Å². The maximum atomic E-state index is 13.6. The molecule has 10 rings (SSSR count). The standard InChI is InChI=1S/C27H28BrN7O3Si.C16H14N4O3.C12H17BrN2OSi.S8.S7/c1-16(36)26-20-10-18(19-11-29-17(2)30-12-19)8-9-21(20)35(33-26)13-25(37)34-15-39(3,4)14-22(34)27(38)32-24-7-5-6-23(28)31-24;1-9(21)16-13-5-11(12-6-17-10(2)18-7-12)3-4-14(13)20(19-16)8-15(22)23;1-17(2)7-10(14-8-17)11(16)6-9-4-3-5-12(13)15-9;1-3-5-7-8-6-4-2;1-3-5-7-6-4-2/h5-12,22H,13-15H2,1-4H3,(H,31,32,38);3-7H,8H2,1-2H3,(H,22,23);3-5,10,14H,6-8H2,1-2H3;;/t22-;;10-;;/m0.0../s1. The van der Waals surface area contributed by atoms with Crippen molar-refractivity contribution in [1.82, 2.24) is 59.7 Å². The van der Waals surface area contributed by atoms with Gasteiger partial charge in [0.15, 0.2) is 17.3 Å². The number of hydrogen-bond donors (Lipinski definition) is 3. The smallest absolute Gasteiger partial charge is 0.325 e. The van der Waals surface area contributed by atoms with Crippen molar-refractivity contribution in [3.63, 3.8) is 0 Å². The first-order chi connectivity index (χ1) is 44.7. The lowest BCUT2D eigenvalue weighted by Crippen LogP contribution is -2.45. The van der Waals surface area contributed by atoms with E-state index in [9.17, 15) is 28.8 Å². The Hall–Kier alpha value is -4.09. The molecule has 20 nitrogen and oxygen atoms in total. The molecule has 2 aromatic carbocycles. The summed E-state index contributed by atoms with van der Waals surface area (Å²) in [7, 11) is 13.5. The van der Waals surface area contributed by atoms with E-state index in [0.717, 1.165) is 44.8 Å². The van der Waals surface area contributed by atoms with Crippen LogP contribution in [0.5, 0.6) is 0 Å². The molecule has 0 radical (unpaired) electrons. The Morgan fingerprint density at radius 2 is 1.09 bits per heavy atom. The molecule has 2 saturated heterocycles. The number of anilines is 1. The molecule has 2 aliphatic rings. The lowest BCUT2D eigenvalue weighted by atomic mass is 10.0. The lowest BCUT2D eigenvalue weighted by Gasteiger charge is -2.24. The predicted octanol–water partition coefficient (Wildman–Crippen LogP) is 8.49. The molecule has 2 atom stereocenters. The number of halogens is 2. The molecule has 3 N–H and O–H groups in total. The number of rotatable bonds is 13. The summed E-state index contributed by atoms with van der Waals surface area (Å²) in [6.07, 6.45) is 8.93. The molecule has 0 unspecified atom stereocenters.